The lowest BCUT2D eigenvalue weighted by atomic mass is 10.1. The molecule has 0 atom stereocenters. The van der Waals surface area contributed by atoms with E-state index >= 15 is 0 Å². The first kappa shape index (κ1) is 28.0. The van der Waals surface area contributed by atoms with Crippen molar-refractivity contribution >= 4 is 45.0 Å². The summed E-state index contributed by atoms with van der Waals surface area (Å²) < 4.78 is 59.8. The molecule has 4 aromatic carbocycles. The molecule has 1 aliphatic rings. The third-order valence-corrected chi connectivity index (χ3v) is 8.84. The third-order valence-electron chi connectivity index (χ3n) is 6.11. The zero-order chi connectivity index (χ0) is 29.1. The zero-order valence-corrected chi connectivity index (χ0v) is 22.7. The van der Waals surface area contributed by atoms with Crippen LogP contribution in [0.2, 0.25) is 0 Å². The molecule has 1 amide bonds. The second kappa shape index (κ2) is 11.5. The van der Waals surface area contributed by atoms with Gasteiger partial charge in [0.25, 0.3) is 5.91 Å². The topological polar surface area (TPSA) is 116 Å². The number of hydrogen-bond acceptors (Lipinski definition) is 7. The summed E-state index contributed by atoms with van der Waals surface area (Å²) in [5, 5.41) is 14.4. The predicted molar refractivity (Wildman–Crippen MR) is 150 cm³/mol. The van der Waals surface area contributed by atoms with Crippen LogP contribution in [0, 0.1) is 21.7 Å². The van der Waals surface area contributed by atoms with Crippen molar-refractivity contribution < 1.29 is 31.7 Å². The summed E-state index contributed by atoms with van der Waals surface area (Å²) in [6.07, 6.45) is 1.44. The molecule has 8 nitrogen and oxygen atoms in total. The maximum atomic E-state index is 14.1. The van der Waals surface area contributed by atoms with E-state index in [-0.39, 0.29) is 27.8 Å². The Morgan fingerprint density at radius 3 is 2.39 bits per heavy atom. The van der Waals surface area contributed by atoms with Crippen LogP contribution in [0.5, 0.6) is 5.75 Å². The van der Waals surface area contributed by atoms with Crippen LogP contribution >= 0.6 is 11.8 Å². The lowest BCUT2D eigenvalue weighted by Gasteiger charge is -2.19. The van der Waals surface area contributed by atoms with E-state index in [0.717, 1.165) is 35.5 Å². The summed E-state index contributed by atoms with van der Waals surface area (Å²) in [6, 6.07) is 20.5. The predicted octanol–water partition coefficient (Wildman–Crippen LogP) is 6.51. The molecular weight excluding hydrogens is 574 g/mol. The summed E-state index contributed by atoms with van der Waals surface area (Å²) in [5.41, 5.74) is 0.685. The van der Waals surface area contributed by atoms with Crippen molar-refractivity contribution in [3.63, 3.8) is 0 Å². The monoisotopic (exact) mass is 594 g/mol. The number of amides is 1. The number of nitro groups is 1. The van der Waals surface area contributed by atoms with Gasteiger partial charge >= 0.3 is 5.69 Å². The number of thioether (sulfide) groups is 1. The van der Waals surface area contributed by atoms with Gasteiger partial charge in [-0.2, -0.15) is 0 Å². The molecule has 0 spiro atoms. The molecule has 0 fully saturated rings. The molecule has 1 aliphatic heterocycles. The van der Waals surface area contributed by atoms with Crippen molar-refractivity contribution in [2.45, 2.75) is 22.2 Å². The van der Waals surface area contributed by atoms with E-state index in [1.54, 1.807) is 6.07 Å². The van der Waals surface area contributed by atoms with E-state index in [0.29, 0.717) is 16.1 Å². The van der Waals surface area contributed by atoms with Gasteiger partial charge in [-0.05, 0) is 53.6 Å². The molecule has 0 bridgehead atoms. The van der Waals surface area contributed by atoms with Crippen LogP contribution in [-0.4, -0.2) is 19.2 Å². The molecule has 0 aromatic heterocycles. The Balaban J connectivity index is 1.40. The second-order valence-corrected chi connectivity index (χ2v) is 12.0. The largest absolute Gasteiger partial charge is 0.482 e. The van der Waals surface area contributed by atoms with Crippen LogP contribution in [0.4, 0.5) is 20.2 Å². The Morgan fingerprint density at radius 2 is 1.68 bits per heavy atom. The number of rotatable bonds is 8. The summed E-state index contributed by atoms with van der Waals surface area (Å²) in [6.45, 7) is 0.131. The number of anilines is 1. The van der Waals surface area contributed by atoms with Crippen LogP contribution in [0.3, 0.4) is 0 Å². The van der Waals surface area contributed by atoms with Gasteiger partial charge in [-0.15, -0.1) is 0 Å². The molecule has 41 heavy (non-hydrogen) atoms. The third kappa shape index (κ3) is 6.28. The van der Waals surface area contributed by atoms with Gasteiger partial charge < -0.3 is 10.1 Å². The molecule has 1 N–H and O–H groups in total. The molecule has 0 saturated heterocycles. The number of halogens is 2. The summed E-state index contributed by atoms with van der Waals surface area (Å²) >= 11 is 0.964. The quantitative estimate of drug-likeness (QED) is 0.140. The highest BCUT2D eigenvalue weighted by Gasteiger charge is 2.26. The molecule has 0 radical (unpaired) electrons. The average molecular weight is 595 g/mol. The summed E-state index contributed by atoms with van der Waals surface area (Å²) in [4.78, 5) is 24.2. The van der Waals surface area contributed by atoms with Crippen molar-refractivity contribution in [3.05, 3.63) is 128 Å². The van der Waals surface area contributed by atoms with Crippen molar-refractivity contribution in [1.29, 1.82) is 0 Å². The molecule has 1 heterocycles. The van der Waals surface area contributed by atoms with Gasteiger partial charge in [-0.1, -0.05) is 54.2 Å². The number of carbonyl (C=O) groups is 1. The van der Waals surface area contributed by atoms with E-state index in [9.17, 15) is 32.1 Å². The summed E-state index contributed by atoms with van der Waals surface area (Å²) in [7, 11) is -4.14. The van der Waals surface area contributed by atoms with Crippen LogP contribution in [0.25, 0.3) is 6.08 Å². The minimum absolute atomic E-state index is 0.0632. The average Bonchev–Trinajstić information content (AvgIpc) is 2.95. The second-order valence-electron chi connectivity index (χ2n) is 8.94. The smallest absolute Gasteiger partial charge is 0.311 e. The SMILES string of the molecule is O=C1Nc2ccc(S(=O)(=O)Cc3c(F)cccc3F)cc2S/C1=C/c1ccc(OCc2ccccc2)c([N+](=O)[O-])c1. The number of nitro benzene ring substituents is 1. The highest BCUT2D eigenvalue weighted by molar-refractivity contribution is 8.04. The molecule has 0 saturated carbocycles. The number of ether oxygens (including phenoxy) is 1. The normalized spacial score (nSPS) is 13.9. The fourth-order valence-corrected chi connectivity index (χ4v) is 6.51. The number of hydrogen-bond donors (Lipinski definition) is 1. The van der Waals surface area contributed by atoms with E-state index in [1.807, 2.05) is 30.3 Å². The molecule has 208 valence electrons. The minimum atomic E-state index is -4.14. The van der Waals surface area contributed by atoms with Crippen LogP contribution < -0.4 is 10.1 Å². The van der Waals surface area contributed by atoms with Crippen molar-refractivity contribution in [2.24, 2.45) is 0 Å². The van der Waals surface area contributed by atoms with Gasteiger partial charge in [0.2, 0.25) is 0 Å². The van der Waals surface area contributed by atoms with Gasteiger partial charge in [0, 0.05) is 16.5 Å². The number of benzene rings is 4. The minimum Gasteiger partial charge on any atom is -0.482 e. The number of carbonyl (C=O) groups excluding carboxylic acids is 1. The Labute approximate surface area is 237 Å². The Kier molecular flexibility index (Phi) is 7.86. The molecule has 12 heteroatoms. The standard InChI is InChI=1S/C29H20F2N2O6S2/c30-22-7-4-8-23(31)21(22)17-41(37,38)20-10-11-24-27(15-20)40-28(29(34)32-24)14-19-9-12-26(25(13-19)33(35)36)39-16-18-5-2-1-3-6-18/h1-15H,16-17H2,(H,32,34)/b28-14+. The maximum absolute atomic E-state index is 14.1. The van der Waals surface area contributed by atoms with E-state index in [4.69, 9.17) is 4.74 Å². The van der Waals surface area contributed by atoms with Crippen molar-refractivity contribution in [1.82, 2.24) is 0 Å². The fraction of sp³-hybridized carbons (Fsp3) is 0.0690. The number of sulfone groups is 1. The highest BCUT2D eigenvalue weighted by Crippen LogP contribution is 2.41. The van der Waals surface area contributed by atoms with Gasteiger partial charge in [0.05, 0.1) is 26.2 Å². The zero-order valence-electron chi connectivity index (χ0n) is 21.0. The Bertz CT molecular complexity index is 1790. The lowest BCUT2D eigenvalue weighted by molar-refractivity contribution is -0.386. The Hall–Kier alpha value is -4.55. The van der Waals surface area contributed by atoms with Gasteiger partial charge in [0.15, 0.2) is 15.6 Å². The molecule has 0 aliphatic carbocycles. The van der Waals surface area contributed by atoms with Crippen LogP contribution in [0.15, 0.2) is 99.6 Å². The van der Waals surface area contributed by atoms with Crippen LogP contribution in [-0.2, 0) is 27.0 Å². The fourth-order valence-electron chi connectivity index (χ4n) is 4.05. The number of nitrogens with zero attached hydrogens (tertiary/aromatic N) is 1. The van der Waals surface area contributed by atoms with Crippen LogP contribution in [0.1, 0.15) is 16.7 Å². The molecule has 0 unspecified atom stereocenters. The first-order valence-corrected chi connectivity index (χ1v) is 14.5. The van der Waals surface area contributed by atoms with Gasteiger partial charge in [0.1, 0.15) is 18.2 Å². The number of fused-ring (bicyclic) bond motifs is 1. The number of nitrogens with one attached hydrogen (secondary N) is 1. The highest BCUT2D eigenvalue weighted by atomic mass is 32.2. The van der Waals surface area contributed by atoms with Crippen molar-refractivity contribution in [3.8, 4) is 5.75 Å². The van der Waals surface area contributed by atoms with E-state index < -0.39 is 43.6 Å². The Morgan fingerprint density at radius 1 is 0.951 bits per heavy atom. The first-order chi connectivity index (χ1) is 19.6. The molecule has 5 rings (SSSR count). The molecule has 4 aromatic rings. The van der Waals surface area contributed by atoms with E-state index in [2.05, 4.69) is 5.32 Å². The van der Waals surface area contributed by atoms with E-state index in [1.165, 1.54) is 36.4 Å². The first-order valence-electron chi connectivity index (χ1n) is 12.1. The molecular formula is C29H20F2N2O6S2. The summed E-state index contributed by atoms with van der Waals surface area (Å²) in [5.74, 6) is -3.24. The maximum Gasteiger partial charge on any atom is 0.311 e. The van der Waals surface area contributed by atoms with Gasteiger partial charge in [-0.3, -0.25) is 14.9 Å². The van der Waals surface area contributed by atoms with Gasteiger partial charge in [-0.25, -0.2) is 17.2 Å². The van der Waals surface area contributed by atoms with Crippen molar-refractivity contribution in [2.75, 3.05) is 5.32 Å². The lowest BCUT2D eigenvalue weighted by Crippen LogP contribution is -2.18.